The summed E-state index contributed by atoms with van der Waals surface area (Å²) in [5.41, 5.74) is 0.677. The van der Waals surface area contributed by atoms with Crippen molar-refractivity contribution in [2.75, 3.05) is 31.5 Å². The Balaban J connectivity index is 2.28. The Labute approximate surface area is 130 Å². The van der Waals surface area contributed by atoms with Crippen LogP contribution in [0.25, 0.3) is 0 Å². The van der Waals surface area contributed by atoms with Gasteiger partial charge in [0.2, 0.25) is 0 Å². The average Bonchev–Trinajstić information content (AvgIpc) is 2.80. The third-order valence-corrected chi connectivity index (χ3v) is 7.22. The van der Waals surface area contributed by atoms with Gasteiger partial charge in [0.05, 0.1) is 0 Å². The molecule has 2 atom stereocenters. The Morgan fingerprint density at radius 3 is 2.95 bits per heavy atom. The molecule has 2 heterocycles. The number of thiophene rings is 1. The second-order valence-electron chi connectivity index (χ2n) is 4.80. The number of hydrogen-bond donors (Lipinski definition) is 1. The van der Waals surface area contributed by atoms with Gasteiger partial charge in [0.15, 0.2) is 0 Å². The van der Waals surface area contributed by atoms with Crippen molar-refractivity contribution in [1.82, 2.24) is 4.31 Å². The van der Waals surface area contributed by atoms with Crippen LogP contribution in [0.5, 0.6) is 0 Å². The molecule has 1 aromatic rings. The number of nitrogens with zero attached hydrogens (tertiary/aromatic N) is 1. The first-order chi connectivity index (χ1) is 9.86. The highest BCUT2D eigenvalue weighted by molar-refractivity contribution is 7.91. The number of sulfonamides is 1. The molecule has 0 aromatic carbocycles. The molecule has 0 radical (unpaired) electrons. The maximum Gasteiger partial charge on any atom is 0.252 e. The Kier molecular flexibility index (Phi) is 5.38. The zero-order valence-corrected chi connectivity index (χ0v) is 14.1. The highest BCUT2D eigenvalue weighted by atomic mass is 32.2. The van der Waals surface area contributed by atoms with E-state index in [-0.39, 0.29) is 10.1 Å². The molecule has 7 nitrogen and oxygen atoms in total. The molecule has 0 bridgehead atoms. The Morgan fingerprint density at radius 1 is 1.62 bits per heavy atom. The predicted octanol–water partition coefficient (Wildman–Crippen LogP) is 1.10. The second kappa shape index (κ2) is 6.71. The van der Waals surface area contributed by atoms with Crippen LogP contribution < -0.4 is 4.72 Å². The van der Waals surface area contributed by atoms with E-state index in [2.05, 4.69) is 4.72 Å². The van der Waals surface area contributed by atoms with Crippen molar-refractivity contribution in [3.8, 4) is 0 Å². The van der Waals surface area contributed by atoms with E-state index in [0.717, 1.165) is 11.3 Å². The number of rotatable bonds is 6. The zero-order valence-electron chi connectivity index (χ0n) is 11.7. The molecule has 1 N–H and O–H groups in total. The minimum atomic E-state index is -3.56. The molecule has 0 saturated carbocycles. The van der Waals surface area contributed by atoms with Crippen LogP contribution in [-0.4, -0.2) is 48.3 Å². The predicted molar refractivity (Wildman–Crippen MR) is 80.5 cm³/mol. The van der Waals surface area contributed by atoms with Crippen LogP contribution in [0, 0.1) is 0 Å². The first-order valence-electron chi connectivity index (χ1n) is 6.35. The summed E-state index contributed by atoms with van der Waals surface area (Å²) in [6.45, 7) is 3.23. The first-order valence-corrected chi connectivity index (χ1v) is 9.68. The third-order valence-electron chi connectivity index (χ3n) is 3.25. The number of hydrogen-bond acceptors (Lipinski definition) is 6. The van der Waals surface area contributed by atoms with Crippen LogP contribution in [0.15, 0.2) is 10.3 Å². The maximum atomic E-state index is 12.6. The highest BCUT2D eigenvalue weighted by Crippen LogP contribution is 2.41. The van der Waals surface area contributed by atoms with Gasteiger partial charge in [0.25, 0.3) is 10.0 Å². The van der Waals surface area contributed by atoms with E-state index in [4.69, 9.17) is 4.74 Å². The van der Waals surface area contributed by atoms with E-state index in [0.29, 0.717) is 36.7 Å². The van der Waals surface area contributed by atoms with E-state index < -0.39 is 21.3 Å². The second-order valence-corrected chi connectivity index (χ2v) is 8.66. The molecule has 2 rings (SSSR count). The van der Waals surface area contributed by atoms with Crippen LogP contribution >= 0.6 is 11.3 Å². The summed E-state index contributed by atoms with van der Waals surface area (Å²) in [4.78, 5) is 0. The number of methoxy groups -OCH3 is 1. The number of nitrogens with one attached hydrogen (secondary N) is 1. The smallest absolute Gasteiger partial charge is 0.252 e. The zero-order chi connectivity index (χ0) is 15.6. The van der Waals surface area contributed by atoms with Crippen LogP contribution in [-0.2, 0) is 26.0 Å². The summed E-state index contributed by atoms with van der Waals surface area (Å²) in [5.74, 6) is 0.0259. The van der Waals surface area contributed by atoms with Crippen molar-refractivity contribution in [1.29, 1.82) is 0 Å². The van der Waals surface area contributed by atoms with Crippen molar-refractivity contribution in [2.24, 2.45) is 0 Å². The van der Waals surface area contributed by atoms with Gasteiger partial charge in [-0.25, -0.2) is 8.42 Å². The molecule has 0 fully saturated rings. The molecule has 0 saturated heterocycles. The Hall–Kier alpha value is -0.520. The lowest BCUT2D eigenvalue weighted by Crippen LogP contribution is -2.39. The summed E-state index contributed by atoms with van der Waals surface area (Å²) in [6, 6.07) is 1.60. The van der Waals surface area contributed by atoms with E-state index in [9.17, 15) is 17.2 Å². The molecule has 21 heavy (non-hydrogen) atoms. The van der Waals surface area contributed by atoms with Gasteiger partial charge >= 0.3 is 0 Å². The lowest BCUT2D eigenvalue weighted by atomic mass is 10.0. The van der Waals surface area contributed by atoms with E-state index >= 15 is 0 Å². The largest absolute Gasteiger partial charge is 0.755 e. The van der Waals surface area contributed by atoms with Gasteiger partial charge in [-0.2, -0.15) is 4.31 Å². The summed E-state index contributed by atoms with van der Waals surface area (Å²) in [5, 5.41) is 0.322. The third kappa shape index (κ3) is 3.63. The average molecular weight is 353 g/mol. The minimum Gasteiger partial charge on any atom is -0.755 e. The molecule has 1 unspecified atom stereocenters. The van der Waals surface area contributed by atoms with Gasteiger partial charge in [-0.1, -0.05) is 6.92 Å². The van der Waals surface area contributed by atoms with Gasteiger partial charge in [-0.3, -0.25) is 4.21 Å². The summed E-state index contributed by atoms with van der Waals surface area (Å²) in [7, 11) is -1.98. The fourth-order valence-electron chi connectivity index (χ4n) is 2.28. The summed E-state index contributed by atoms with van der Waals surface area (Å²) >= 11 is -1.51. The molecular weight excluding hydrogens is 336 g/mol. The summed E-state index contributed by atoms with van der Waals surface area (Å²) < 4.78 is 55.3. The highest BCUT2D eigenvalue weighted by Gasteiger charge is 2.36. The molecule has 0 spiro atoms. The van der Waals surface area contributed by atoms with Crippen molar-refractivity contribution in [3.05, 3.63) is 11.6 Å². The van der Waals surface area contributed by atoms with Crippen LogP contribution in [0.3, 0.4) is 0 Å². The molecule has 1 aromatic heterocycles. The van der Waals surface area contributed by atoms with Crippen LogP contribution in [0.4, 0.5) is 5.00 Å². The SMILES string of the molecule is COCCCN1C[C@@H](C)c2cc(NS(=O)[O-])sc2S1(=O)=O. The number of fused-ring (bicyclic) bond motifs is 1. The molecule has 10 heteroatoms. The standard InChI is InChI=1S/C11H18N2O5S3/c1-8-7-13(4-3-5-18-2)21(16,17)11-9(8)6-10(19-11)12-20(14)15/h6,8,12H,3-5,7H2,1-2H3,(H,14,15)/p-1/t8-/m1/s1. The van der Waals surface area contributed by atoms with Crippen molar-refractivity contribution >= 4 is 37.6 Å². The molecule has 0 amide bonds. The van der Waals surface area contributed by atoms with Gasteiger partial charge in [-0.15, -0.1) is 11.3 Å². The van der Waals surface area contributed by atoms with Crippen LogP contribution in [0.1, 0.15) is 24.8 Å². The maximum absolute atomic E-state index is 12.6. The number of ether oxygens (including phenoxy) is 1. The first kappa shape index (κ1) is 16.8. The normalized spacial score (nSPS) is 22.7. The Morgan fingerprint density at radius 2 is 2.33 bits per heavy atom. The lowest BCUT2D eigenvalue weighted by Gasteiger charge is -2.30. The van der Waals surface area contributed by atoms with Crippen LogP contribution in [0.2, 0.25) is 0 Å². The fraction of sp³-hybridized carbons (Fsp3) is 0.636. The van der Waals surface area contributed by atoms with Gasteiger partial charge in [0, 0.05) is 38.1 Å². The van der Waals surface area contributed by atoms with E-state index in [1.54, 1.807) is 13.2 Å². The fourth-order valence-corrected chi connectivity index (χ4v) is 6.23. The lowest BCUT2D eigenvalue weighted by molar-refractivity contribution is 0.186. The van der Waals surface area contributed by atoms with E-state index in [1.165, 1.54) is 4.31 Å². The van der Waals surface area contributed by atoms with Crippen molar-refractivity contribution < 1.29 is 21.9 Å². The molecule has 1 aliphatic heterocycles. The molecular formula is C11H17N2O5S3-. The number of anilines is 1. The molecule has 0 aliphatic carbocycles. The molecule has 1 aliphatic rings. The van der Waals surface area contributed by atoms with Gasteiger partial charge < -0.3 is 14.0 Å². The van der Waals surface area contributed by atoms with Crippen molar-refractivity contribution in [2.45, 2.75) is 23.5 Å². The quantitative estimate of drug-likeness (QED) is 0.610. The monoisotopic (exact) mass is 353 g/mol. The summed E-state index contributed by atoms with van der Waals surface area (Å²) in [6.07, 6.45) is 0.624. The van der Waals surface area contributed by atoms with Gasteiger partial charge in [0.1, 0.15) is 9.21 Å². The molecule has 120 valence electrons. The van der Waals surface area contributed by atoms with Crippen molar-refractivity contribution in [3.63, 3.8) is 0 Å². The Bertz CT molecular complexity index is 628. The van der Waals surface area contributed by atoms with E-state index in [1.807, 2.05) is 6.92 Å². The minimum absolute atomic E-state index is 0.0259. The topological polar surface area (TPSA) is 98.8 Å². The van der Waals surface area contributed by atoms with Gasteiger partial charge in [-0.05, 0) is 24.0 Å².